The molecule has 1 aromatic rings. The smallest absolute Gasteiger partial charge is 0.123 e. The van der Waals surface area contributed by atoms with Crippen molar-refractivity contribution in [1.29, 1.82) is 0 Å². The van der Waals surface area contributed by atoms with Crippen molar-refractivity contribution in [2.24, 2.45) is 0 Å². The van der Waals surface area contributed by atoms with Gasteiger partial charge >= 0.3 is 0 Å². The normalized spacial score (nSPS) is 18.7. The SMILES string of the molecule is CCNC(CCN1CCCOCC1)c1ccc(F)cc1. The first-order valence-corrected chi connectivity index (χ1v) is 7.58. The average Bonchev–Trinajstić information content (AvgIpc) is 2.73. The molecule has 112 valence electrons. The third kappa shape index (κ3) is 4.85. The zero-order valence-corrected chi connectivity index (χ0v) is 12.3. The van der Waals surface area contributed by atoms with E-state index in [0.29, 0.717) is 6.04 Å². The molecule has 1 atom stereocenters. The molecule has 1 fully saturated rings. The third-order valence-corrected chi connectivity index (χ3v) is 3.77. The van der Waals surface area contributed by atoms with E-state index < -0.39 is 0 Å². The van der Waals surface area contributed by atoms with Crippen molar-refractivity contribution in [3.8, 4) is 0 Å². The molecule has 1 aliphatic heterocycles. The van der Waals surface area contributed by atoms with Crippen LogP contribution in [-0.4, -0.2) is 44.3 Å². The first kappa shape index (κ1) is 15.4. The highest BCUT2D eigenvalue weighted by Gasteiger charge is 2.14. The van der Waals surface area contributed by atoms with Crippen LogP contribution in [0.15, 0.2) is 24.3 Å². The van der Waals surface area contributed by atoms with Crippen molar-refractivity contribution in [2.75, 3.05) is 39.4 Å². The monoisotopic (exact) mass is 280 g/mol. The van der Waals surface area contributed by atoms with Crippen molar-refractivity contribution < 1.29 is 9.13 Å². The van der Waals surface area contributed by atoms with Crippen LogP contribution >= 0.6 is 0 Å². The van der Waals surface area contributed by atoms with Gasteiger partial charge < -0.3 is 15.0 Å². The molecule has 0 amide bonds. The van der Waals surface area contributed by atoms with E-state index in [2.05, 4.69) is 17.1 Å². The topological polar surface area (TPSA) is 24.5 Å². The van der Waals surface area contributed by atoms with Crippen LogP contribution in [0.1, 0.15) is 31.4 Å². The molecule has 1 aromatic carbocycles. The number of rotatable bonds is 6. The molecule has 1 unspecified atom stereocenters. The lowest BCUT2D eigenvalue weighted by Gasteiger charge is -2.24. The van der Waals surface area contributed by atoms with Crippen LogP contribution in [0.5, 0.6) is 0 Å². The second-order valence-corrected chi connectivity index (χ2v) is 5.26. The maximum absolute atomic E-state index is 13.0. The molecular formula is C16H25FN2O. The molecule has 1 saturated heterocycles. The minimum atomic E-state index is -0.173. The molecule has 2 rings (SSSR count). The number of nitrogens with zero attached hydrogens (tertiary/aromatic N) is 1. The van der Waals surface area contributed by atoms with E-state index in [1.807, 2.05) is 12.1 Å². The number of halogens is 1. The fraction of sp³-hybridized carbons (Fsp3) is 0.625. The molecule has 0 saturated carbocycles. The van der Waals surface area contributed by atoms with Crippen LogP contribution in [0.2, 0.25) is 0 Å². The van der Waals surface area contributed by atoms with E-state index in [0.717, 1.165) is 52.2 Å². The maximum Gasteiger partial charge on any atom is 0.123 e. The standard InChI is InChI=1S/C16H25FN2O/c1-2-18-16(14-4-6-15(17)7-5-14)8-10-19-9-3-12-20-13-11-19/h4-7,16,18H,2-3,8-13H2,1H3. The van der Waals surface area contributed by atoms with Gasteiger partial charge in [0.2, 0.25) is 0 Å². The molecule has 20 heavy (non-hydrogen) atoms. The molecule has 4 heteroatoms. The van der Waals surface area contributed by atoms with E-state index in [4.69, 9.17) is 4.74 Å². The average molecular weight is 280 g/mol. The van der Waals surface area contributed by atoms with Crippen molar-refractivity contribution >= 4 is 0 Å². The summed E-state index contributed by atoms with van der Waals surface area (Å²) in [6.45, 7) is 7.93. The predicted octanol–water partition coefficient (Wildman–Crippen LogP) is 2.59. The summed E-state index contributed by atoms with van der Waals surface area (Å²) in [5, 5.41) is 3.49. The summed E-state index contributed by atoms with van der Waals surface area (Å²) in [5.41, 5.74) is 1.17. The molecule has 1 aliphatic rings. The van der Waals surface area contributed by atoms with Crippen LogP contribution in [0, 0.1) is 5.82 Å². The highest BCUT2D eigenvalue weighted by atomic mass is 19.1. The summed E-state index contributed by atoms with van der Waals surface area (Å²) >= 11 is 0. The van der Waals surface area contributed by atoms with Gasteiger partial charge in [-0.15, -0.1) is 0 Å². The van der Waals surface area contributed by atoms with Gasteiger partial charge in [0.1, 0.15) is 5.82 Å². The lowest BCUT2D eigenvalue weighted by Crippen LogP contribution is -2.31. The zero-order chi connectivity index (χ0) is 14.2. The third-order valence-electron chi connectivity index (χ3n) is 3.77. The minimum absolute atomic E-state index is 0.173. The largest absolute Gasteiger partial charge is 0.380 e. The number of ether oxygens (including phenoxy) is 1. The van der Waals surface area contributed by atoms with E-state index in [1.165, 1.54) is 5.56 Å². The summed E-state index contributed by atoms with van der Waals surface area (Å²) in [6.07, 6.45) is 2.15. The van der Waals surface area contributed by atoms with Crippen LogP contribution in [0.4, 0.5) is 4.39 Å². The fourth-order valence-electron chi connectivity index (χ4n) is 2.66. The molecule has 0 aliphatic carbocycles. The van der Waals surface area contributed by atoms with E-state index in [-0.39, 0.29) is 5.82 Å². The van der Waals surface area contributed by atoms with Crippen LogP contribution < -0.4 is 5.32 Å². The highest BCUT2D eigenvalue weighted by Crippen LogP contribution is 2.18. The Balaban J connectivity index is 1.89. The van der Waals surface area contributed by atoms with Crippen LogP contribution in [-0.2, 0) is 4.74 Å². The second-order valence-electron chi connectivity index (χ2n) is 5.26. The van der Waals surface area contributed by atoms with Gasteiger partial charge in [-0.1, -0.05) is 19.1 Å². The Labute approximate surface area is 121 Å². The van der Waals surface area contributed by atoms with Gasteiger partial charge in [0, 0.05) is 32.3 Å². The van der Waals surface area contributed by atoms with Gasteiger partial charge in [0.25, 0.3) is 0 Å². The van der Waals surface area contributed by atoms with E-state index in [9.17, 15) is 4.39 Å². The van der Waals surface area contributed by atoms with Gasteiger partial charge in [-0.25, -0.2) is 4.39 Å². The van der Waals surface area contributed by atoms with Crippen molar-refractivity contribution in [3.63, 3.8) is 0 Å². The van der Waals surface area contributed by atoms with Crippen LogP contribution in [0.3, 0.4) is 0 Å². The summed E-state index contributed by atoms with van der Waals surface area (Å²) in [4.78, 5) is 2.46. The Bertz CT molecular complexity index is 375. The molecular weight excluding hydrogens is 255 g/mol. The first-order valence-electron chi connectivity index (χ1n) is 7.58. The summed E-state index contributed by atoms with van der Waals surface area (Å²) in [5.74, 6) is -0.173. The lowest BCUT2D eigenvalue weighted by molar-refractivity contribution is 0.140. The number of benzene rings is 1. The minimum Gasteiger partial charge on any atom is -0.380 e. The van der Waals surface area contributed by atoms with Crippen LogP contribution in [0.25, 0.3) is 0 Å². The number of hydrogen-bond donors (Lipinski definition) is 1. The first-order chi connectivity index (χ1) is 9.79. The van der Waals surface area contributed by atoms with Gasteiger partial charge in [-0.2, -0.15) is 0 Å². The Morgan fingerprint density at radius 2 is 2.05 bits per heavy atom. The Morgan fingerprint density at radius 1 is 1.25 bits per heavy atom. The summed E-state index contributed by atoms with van der Waals surface area (Å²) in [6, 6.07) is 7.14. The molecule has 0 aromatic heterocycles. The molecule has 0 radical (unpaired) electrons. The zero-order valence-electron chi connectivity index (χ0n) is 12.3. The van der Waals surface area contributed by atoms with E-state index >= 15 is 0 Å². The maximum atomic E-state index is 13.0. The fourth-order valence-corrected chi connectivity index (χ4v) is 2.66. The molecule has 0 spiro atoms. The quantitative estimate of drug-likeness (QED) is 0.867. The summed E-state index contributed by atoms with van der Waals surface area (Å²) in [7, 11) is 0. The predicted molar refractivity (Wildman–Crippen MR) is 79.3 cm³/mol. The molecule has 0 bridgehead atoms. The van der Waals surface area contributed by atoms with Gasteiger partial charge in [0.05, 0.1) is 6.61 Å². The van der Waals surface area contributed by atoms with Crippen molar-refractivity contribution in [1.82, 2.24) is 10.2 Å². The number of hydrogen-bond acceptors (Lipinski definition) is 3. The lowest BCUT2D eigenvalue weighted by atomic mass is 10.0. The Kier molecular flexibility index (Phi) is 6.43. The second kappa shape index (κ2) is 8.35. The Morgan fingerprint density at radius 3 is 2.80 bits per heavy atom. The van der Waals surface area contributed by atoms with Crippen molar-refractivity contribution in [3.05, 3.63) is 35.6 Å². The van der Waals surface area contributed by atoms with Gasteiger partial charge in [-0.05, 0) is 37.1 Å². The van der Waals surface area contributed by atoms with Crippen molar-refractivity contribution in [2.45, 2.75) is 25.8 Å². The van der Waals surface area contributed by atoms with E-state index in [1.54, 1.807) is 12.1 Å². The Hall–Kier alpha value is -0.970. The highest BCUT2D eigenvalue weighted by molar-refractivity contribution is 5.19. The number of nitrogens with one attached hydrogen (secondary N) is 1. The van der Waals surface area contributed by atoms with Gasteiger partial charge in [0.15, 0.2) is 0 Å². The molecule has 3 nitrogen and oxygen atoms in total. The summed E-state index contributed by atoms with van der Waals surface area (Å²) < 4.78 is 18.5. The van der Waals surface area contributed by atoms with Gasteiger partial charge in [-0.3, -0.25) is 0 Å². The molecule has 1 N–H and O–H groups in total. The molecule has 1 heterocycles.